The molecule has 1 fully saturated rings. The Kier molecular flexibility index (Phi) is 4.70. The lowest BCUT2D eigenvalue weighted by atomic mass is 10.1. The normalized spacial score (nSPS) is 30.1. The number of aliphatic hydroxyl groups excluding tert-OH is 4. The molecule has 0 aliphatic carbocycles. The fraction of sp³-hybridized carbons (Fsp3) is 0.500. The van der Waals surface area contributed by atoms with E-state index < -0.39 is 42.2 Å². The Balaban J connectivity index is 2.06. The summed E-state index contributed by atoms with van der Waals surface area (Å²) in [6.45, 7) is -0.640. The van der Waals surface area contributed by atoms with Crippen molar-refractivity contribution in [3.05, 3.63) is 34.4 Å². The van der Waals surface area contributed by atoms with Crippen LogP contribution in [-0.2, 0) is 4.74 Å². The Morgan fingerprint density at radius 1 is 1.33 bits per heavy atom. The Bertz CT molecular complexity index is 493. The minimum Gasteiger partial charge on any atom is -0.482 e. The molecule has 1 aromatic rings. The second-order valence-electron chi connectivity index (χ2n) is 4.57. The van der Waals surface area contributed by atoms with E-state index in [4.69, 9.17) is 14.6 Å². The monoisotopic (exact) mass is 301 g/mol. The van der Waals surface area contributed by atoms with Crippen molar-refractivity contribution in [2.75, 3.05) is 6.61 Å². The van der Waals surface area contributed by atoms with E-state index in [1.165, 1.54) is 24.3 Å². The van der Waals surface area contributed by atoms with Crippen molar-refractivity contribution >= 4 is 5.69 Å². The van der Waals surface area contributed by atoms with Gasteiger partial charge in [-0.1, -0.05) is 0 Å². The molecule has 1 aliphatic heterocycles. The minimum atomic E-state index is -1.50. The number of nitro benzene ring substituents is 1. The zero-order valence-corrected chi connectivity index (χ0v) is 10.8. The quantitative estimate of drug-likeness (QED) is 0.391. The van der Waals surface area contributed by atoms with Gasteiger partial charge in [-0.15, -0.1) is 0 Å². The van der Waals surface area contributed by atoms with Crippen LogP contribution in [0.1, 0.15) is 0 Å². The molecule has 1 saturated heterocycles. The third-order valence-electron chi connectivity index (χ3n) is 3.14. The number of hydrogen-bond acceptors (Lipinski definition) is 8. The summed E-state index contributed by atoms with van der Waals surface area (Å²) in [6, 6.07) is 5.05. The van der Waals surface area contributed by atoms with Crippen molar-refractivity contribution in [3.63, 3.8) is 0 Å². The van der Waals surface area contributed by atoms with Gasteiger partial charge in [-0.3, -0.25) is 10.1 Å². The zero-order valence-electron chi connectivity index (χ0n) is 10.8. The summed E-state index contributed by atoms with van der Waals surface area (Å²) in [7, 11) is 0. The van der Waals surface area contributed by atoms with Gasteiger partial charge in [0.1, 0.15) is 24.1 Å². The van der Waals surface area contributed by atoms with Gasteiger partial charge >= 0.3 is 0 Å². The molecule has 1 aliphatic rings. The molecule has 0 radical (unpaired) electrons. The Hall–Kier alpha value is -1.78. The van der Waals surface area contributed by atoms with Crippen LogP contribution in [0, 0.1) is 10.1 Å². The number of aliphatic hydroxyl groups is 4. The van der Waals surface area contributed by atoms with Crippen LogP contribution in [0.4, 0.5) is 5.69 Å². The highest BCUT2D eigenvalue weighted by molar-refractivity contribution is 5.36. The summed E-state index contributed by atoms with van der Waals surface area (Å²) >= 11 is 0. The minimum absolute atomic E-state index is 0.125. The highest BCUT2D eigenvalue weighted by Gasteiger charge is 2.47. The lowest BCUT2D eigenvalue weighted by Gasteiger charge is -2.21. The fourth-order valence-corrected chi connectivity index (χ4v) is 2.03. The molecule has 21 heavy (non-hydrogen) atoms. The summed E-state index contributed by atoms with van der Waals surface area (Å²) in [5.41, 5.74) is -0.125. The molecule has 5 atom stereocenters. The van der Waals surface area contributed by atoms with E-state index in [-0.39, 0.29) is 11.4 Å². The van der Waals surface area contributed by atoms with E-state index in [0.717, 1.165) is 0 Å². The summed E-state index contributed by atoms with van der Waals surface area (Å²) in [5.74, 6) is 0.187. The average Bonchev–Trinajstić information content (AvgIpc) is 2.75. The van der Waals surface area contributed by atoms with Crippen LogP contribution < -0.4 is 4.74 Å². The van der Waals surface area contributed by atoms with E-state index in [0.29, 0.717) is 0 Å². The maximum Gasteiger partial charge on any atom is 0.269 e. The topological polar surface area (TPSA) is 143 Å². The first-order valence-electron chi connectivity index (χ1n) is 6.15. The molecular weight excluding hydrogens is 286 g/mol. The molecule has 2 rings (SSSR count). The maximum atomic E-state index is 10.5. The first-order valence-corrected chi connectivity index (χ1v) is 6.15. The molecule has 0 aromatic heterocycles. The first-order chi connectivity index (χ1) is 9.93. The molecular formula is C12H15NO8. The molecule has 9 heteroatoms. The molecule has 0 saturated carbocycles. The number of rotatable bonds is 5. The van der Waals surface area contributed by atoms with Crippen molar-refractivity contribution in [2.24, 2.45) is 0 Å². The highest BCUT2D eigenvalue weighted by atomic mass is 16.7. The molecule has 116 valence electrons. The van der Waals surface area contributed by atoms with Crippen LogP contribution in [0.3, 0.4) is 0 Å². The van der Waals surface area contributed by atoms with Gasteiger partial charge in [0.15, 0.2) is 12.4 Å². The maximum absolute atomic E-state index is 10.5. The van der Waals surface area contributed by atoms with Gasteiger partial charge in [-0.25, -0.2) is 0 Å². The number of benzene rings is 1. The highest BCUT2D eigenvalue weighted by Crippen LogP contribution is 2.27. The Labute approximate surface area is 119 Å². The molecule has 0 spiro atoms. The van der Waals surface area contributed by atoms with Crippen LogP contribution >= 0.6 is 0 Å². The van der Waals surface area contributed by atoms with Crippen molar-refractivity contribution < 1.29 is 34.8 Å². The molecule has 1 aromatic carbocycles. The van der Waals surface area contributed by atoms with Crippen molar-refractivity contribution in [3.8, 4) is 5.75 Å². The number of nitrogens with zero attached hydrogens (tertiary/aromatic N) is 1. The summed E-state index contributed by atoms with van der Waals surface area (Å²) < 4.78 is 10.3. The Morgan fingerprint density at radius 3 is 2.48 bits per heavy atom. The van der Waals surface area contributed by atoms with Gasteiger partial charge in [0.05, 0.1) is 11.5 Å². The van der Waals surface area contributed by atoms with Crippen molar-refractivity contribution in [1.29, 1.82) is 0 Å². The van der Waals surface area contributed by atoms with Gasteiger partial charge in [0.25, 0.3) is 5.69 Å². The van der Waals surface area contributed by atoms with Gasteiger partial charge in [-0.2, -0.15) is 0 Å². The summed E-state index contributed by atoms with van der Waals surface area (Å²) in [4.78, 5) is 9.96. The summed E-state index contributed by atoms with van der Waals surface area (Å²) in [6.07, 6.45) is -6.59. The molecule has 0 amide bonds. The van der Waals surface area contributed by atoms with Crippen molar-refractivity contribution in [2.45, 2.75) is 30.7 Å². The standard InChI is InChI=1S/C12H15NO8/c14-5-8(15)10-9(16)11(12(17)21-10)20-7-3-1-6(2-4-7)13(18)19/h1-4,8-12,14-17H,5H2/t8-,9+,10+,11-,12?/m1/s1. The van der Waals surface area contributed by atoms with E-state index in [9.17, 15) is 25.4 Å². The van der Waals surface area contributed by atoms with Gasteiger partial charge < -0.3 is 29.9 Å². The van der Waals surface area contributed by atoms with E-state index in [1.54, 1.807) is 0 Å². The largest absolute Gasteiger partial charge is 0.482 e. The van der Waals surface area contributed by atoms with Crippen molar-refractivity contribution in [1.82, 2.24) is 0 Å². The molecule has 4 N–H and O–H groups in total. The molecule has 9 nitrogen and oxygen atoms in total. The third-order valence-corrected chi connectivity index (χ3v) is 3.14. The first kappa shape index (κ1) is 15.6. The average molecular weight is 301 g/mol. The number of ether oxygens (including phenoxy) is 2. The van der Waals surface area contributed by atoms with Crippen LogP contribution in [0.15, 0.2) is 24.3 Å². The van der Waals surface area contributed by atoms with E-state index in [2.05, 4.69) is 0 Å². The molecule has 1 unspecified atom stereocenters. The van der Waals surface area contributed by atoms with Gasteiger partial charge in [0, 0.05) is 12.1 Å². The fourth-order valence-electron chi connectivity index (χ4n) is 2.03. The van der Waals surface area contributed by atoms with Gasteiger partial charge in [0.2, 0.25) is 0 Å². The second kappa shape index (κ2) is 6.33. The number of nitro groups is 1. The SMILES string of the molecule is O=[N+]([O-])c1ccc(O[C@H]2C(O)O[C@@H]([C@H](O)CO)[C@@H]2O)cc1. The number of non-ortho nitro benzene ring substituents is 1. The Morgan fingerprint density at radius 2 is 1.95 bits per heavy atom. The smallest absolute Gasteiger partial charge is 0.269 e. The predicted molar refractivity (Wildman–Crippen MR) is 67.5 cm³/mol. The third kappa shape index (κ3) is 3.28. The predicted octanol–water partition coefficient (Wildman–Crippen LogP) is -1.23. The second-order valence-corrected chi connectivity index (χ2v) is 4.57. The lowest BCUT2D eigenvalue weighted by Crippen LogP contribution is -2.42. The summed E-state index contributed by atoms with van der Waals surface area (Å²) in [5, 5.41) is 48.4. The van der Waals surface area contributed by atoms with Crippen LogP contribution in [-0.4, -0.2) is 62.7 Å². The van der Waals surface area contributed by atoms with Crippen LogP contribution in [0.5, 0.6) is 5.75 Å². The molecule has 0 bridgehead atoms. The lowest BCUT2D eigenvalue weighted by molar-refractivity contribution is -0.384. The number of hydrogen-bond donors (Lipinski definition) is 4. The van der Waals surface area contributed by atoms with Crippen LogP contribution in [0.2, 0.25) is 0 Å². The van der Waals surface area contributed by atoms with E-state index in [1.807, 2.05) is 0 Å². The molecule has 1 heterocycles. The van der Waals surface area contributed by atoms with Gasteiger partial charge in [-0.05, 0) is 12.1 Å². The van der Waals surface area contributed by atoms with E-state index >= 15 is 0 Å². The zero-order chi connectivity index (χ0) is 15.6. The van der Waals surface area contributed by atoms with Crippen LogP contribution in [0.25, 0.3) is 0 Å².